The van der Waals surface area contributed by atoms with Crippen molar-refractivity contribution in [3.8, 4) is 17.2 Å². The van der Waals surface area contributed by atoms with E-state index in [1.807, 2.05) is 23.0 Å². The highest BCUT2D eigenvalue weighted by molar-refractivity contribution is 7.89. The highest BCUT2D eigenvalue weighted by Crippen LogP contribution is 2.40. The summed E-state index contributed by atoms with van der Waals surface area (Å²) < 4.78 is 36.1. The van der Waals surface area contributed by atoms with E-state index in [1.54, 1.807) is 30.9 Å². The number of rotatable bonds is 10. The SMILES string of the molecule is [C-]#[N+]c1cnc2c(ccn2COCC[Si](C)(C)C)c1-c1cnn(C2(CC#N)CN(S(=O)(=O)C(C)C)C2)c1. The molecule has 4 rings (SSSR count). The summed E-state index contributed by atoms with van der Waals surface area (Å²) in [7, 11) is -4.60. The summed E-state index contributed by atoms with van der Waals surface area (Å²) in [4.78, 5) is 8.21. The van der Waals surface area contributed by atoms with Crippen molar-refractivity contribution in [2.75, 3.05) is 19.7 Å². The van der Waals surface area contributed by atoms with Crippen LogP contribution in [0.25, 0.3) is 27.0 Å². The summed E-state index contributed by atoms with van der Waals surface area (Å²) in [6.07, 6.45) is 7.08. The standard InChI is InChI=1S/C25H33N7O3SSi/c1-19(2)36(33,34)31-16-25(17-31,8-9-26)32-15-20(13-29-32)23-21-7-10-30(18-35-11-12-37(4,5)6)24(21)28-14-22(23)27-3/h7,10,13-15,19H,8,11-12,16-18H2,1-2,4-6H3. The molecule has 37 heavy (non-hydrogen) atoms. The molecular formula is C25H33N7O3SSi. The lowest BCUT2D eigenvalue weighted by atomic mass is 9.89. The van der Waals surface area contributed by atoms with Gasteiger partial charge in [-0.2, -0.15) is 14.7 Å². The largest absolute Gasteiger partial charge is 0.361 e. The van der Waals surface area contributed by atoms with Crippen molar-refractivity contribution >= 4 is 34.8 Å². The van der Waals surface area contributed by atoms with Gasteiger partial charge in [0, 0.05) is 62.9 Å². The second kappa shape index (κ2) is 10.0. The normalized spacial score (nSPS) is 16.0. The van der Waals surface area contributed by atoms with E-state index in [0.717, 1.165) is 17.0 Å². The lowest BCUT2D eigenvalue weighted by Gasteiger charge is -2.48. The van der Waals surface area contributed by atoms with Crippen molar-refractivity contribution < 1.29 is 13.2 Å². The number of hydrogen-bond donors (Lipinski definition) is 0. The van der Waals surface area contributed by atoms with Crippen LogP contribution in [0.4, 0.5) is 5.69 Å². The van der Waals surface area contributed by atoms with Gasteiger partial charge < -0.3 is 9.30 Å². The van der Waals surface area contributed by atoms with Crippen molar-refractivity contribution in [2.45, 2.75) is 63.5 Å². The van der Waals surface area contributed by atoms with Gasteiger partial charge in [0.05, 0.1) is 30.5 Å². The van der Waals surface area contributed by atoms with E-state index >= 15 is 0 Å². The Morgan fingerprint density at radius 1 is 1.30 bits per heavy atom. The highest BCUT2D eigenvalue weighted by atomic mass is 32.2. The minimum Gasteiger partial charge on any atom is -0.361 e. The number of aromatic nitrogens is 4. The van der Waals surface area contributed by atoms with Crippen LogP contribution in [-0.4, -0.2) is 65.1 Å². The first-order valence-corrected chi connectivity index (χ1v) is 17.5. The van der Waals surface area contributed by atoms with Crippen LogP contribution in [0.1, 0.15) is 20.3 Å². The minimum atomic E-state index is -3.42. The van der Waals surface area contributed by atoms with Crippen molar-refractivity contribution in [3.05, 3.63) is 42.3 Å². The molecule has 196 valence electrons. The summed E-state index contributed by atoms with van der Waals surface area (Å²) in [6.45, 7) is 19.4. The molecule has 1 aliphatic heterocycles. The van der Waals surface area contributed by atoms with Gasteiger partial charge in [0.15, 0.2) is 0 Å². The molecule has 0 unspecified atom stereocenters. The van der Waals surface area contributed by atoms with Gasteiger partial charge in [-0.1, -0.05) is 19.6 Å². The second-order valence-electron chi connectivity index (χ2n) is 11.1. The van der Waals surface area contributed by atoms with Crippen LogP contribution < -0.4 is 0 Å². The summed E-state index contributed by atoms with van der Waals surface area (Å²) in [5, 5.41) is 14.3. The molecule has 0 aliphatic carbocycles. The maximum absolute atomic E-state index is 12.6. The van der Waals surface area contributed by atoms with Gasteiger partial charge in [-0.25, -0.2) is 18.2 Å². The number of ether oxygens (including phenoxy) is 1. The van der Waals surface area contributed by atoms with Crippen LogP contribution in [0.15, 0.2) is 30.9 Å². The van der Waals surface area contributed by atoms with Crippen LogP contribution in [0.5, 0.6) is 0 Å². The van der Waals surface area contributed by atoms with Gasteiger partial charge in [0.1, 0.15) is 17.9 Å². The fraction of sp³-hybridized carbons (Fsp3) is 0.520. The zero-order valence-electron chi connectivity index (χ0n) is 22.0. The molecule has 0 saturated carbocycles. The molecule has 0 aromatic carbocycles. The lowest BCUT2D eigenvalue weighted by Crippen LogP contribution is -2.65. The Morgan fingerprint density at radius 2 is 2.03 bits per heavy atom. The first-order chi connectivity index (χ1) is 17.4. The van der Waals surface area contributed by atoms with Crippen LogP contribution in [0, 0.1) is 17.9 Å². The smallest absolute Gasteiger partial charge is 0.216 e. The Balaban J connectivity index is 1.64. The molecule has 3 aromatic rings. The van der Waals surface area contributed by atoms with Crippen molar-refractivity contribution in [1.82, 2.24) is 23.6 Å². The van der Waals surface area contributed by atoms with E-state index in [4.69, 9.17) is 11.3 Å². The quantitative estimate of drug-likeness (QED) is 0.214. The molecular weight excluding hydrogens is 506 g/mol. The summed E-state index contributed by atoms with van der Waals surface area (Å²) in [5.41, 5.74) is 1.81. The molecule has 0 spiro atoms. The van der Waals surface area contributed by atoms with Gasteiger partial charge in [0.2, 0.25) is 15.7 Å². The Kier molecular flexibility index (Phi) is 7.32. The molecule has 12 heteroatoms. The number of hydrogen-bond acceptors (Lipinski definition) is 6. The Hall–Kier alpha value is -3.03. The maximum Gasteiger partial charge on any atom is 0.216 e. The van der Waals surface area contributed by atoms with E-state index in [2.05, 4.69) is 40.6 Å². The topological polar surface area (TPSA) is 110 Å². The molecule has 0 bridgehead atoms. The average molecular weight is 540 g/mol. The molecule has 4 heterocycles. The van der Waals surface area contributed by atoms with Crippen LogP contribution in [0.3, 0.4) is 0 Å². The maximum atomic E-state index is 12.6. The second-order valence-corrected chi connectivity index (χ2v) is 19.2. The molecule has 0 radical (unpaired) electrons. The van der Waals surface area contributed by atoms with E-state index in [9.17, 15) is 13.7 Å². The van der Waals surface area contributed by atoms with Gasteiger partial charge >= 0.3 is 0 Å². The molecule has 1 fully saturated rings. The van der Waals surface area contributed by atoms with Gasteiger partial charge in [-0.05, 0) is 26.0 Å². The fourth-order valence-electron chi connectivity index (χ4n) is 4.45. The molecule has 1 saturated heterocycles. The first kappa shape index (κ1) is 27.0. The van der Waals surface area contributed by atoms with Crippen molar-refractivity contribution in [1.29, 1.82) is 5.26 Å². The molecule has 10 nitrogen and oxygen atoms in total. The van der Waals surface area contributed by atoms with Crippen LogP contribution in [-0.2, 0) is 27.0 Å². The lowest BCUT2D eigenvalue weighted by molar-refractivity contribution is 0.0711. The third kappa shape index (κ3) is 5.20. The van der Waals surface area contributed by atoms with Crippen molar-refractivity contribution in [3.63, 3.8) is 0 Å². The monoisotopic (exact) mass is 539 g/mol. The van der Waals surface area contributed by atoms with Crippen LogP contribution in [0.2, 0.25) is 25.7 Å². The van der Waals surface area contributed by atoms with E-state index in [-0.39, 0.29) is 19.5 Å². The third-order valence-corrected chi connectivity index (χ3v) is 10.7. The average Bonchev–Trinajstić information content (AvgIpc) is 3.45. The van der Waals surface area contributed by atoms with E-state index in [0.29, 0.717) is 30.2 Å². The molecule has 1 aliphatic rings. The Labute approximate surface area is 219 Å². The number of sulfonamides is 1. The Morgan fingerprint density at radius 3 is 2.65 bits per heavy atom. The summed E-state index contributed by atoms with van der Waals surface area (Å²) in [5.74, 6) is 0. The van der Waals surface area contributed by atoms with Gasteiger partial charge in [-0.3, -0.25) is 4.68 Å². The third-order valence-electron chi connectivity index (χ3n) is 6.78. The van der Waals surface area contributed by atoms with Gasteiger partial charge in [0.25, 0.3) is 0 Å². The number of fused-ring (bicyclic) bond motifs is 1. The number of pyridine rings is 1. The highest BCUT2D eigenvalue weighted by Gasteiger charge is 2.50. The predicted molar refractivity (Wildman–Crippen MR) is 145 cm³/mol. The predicted octanol–water partition coefficient (Wildman–Crippen LogP) is 4.43. The number of nitriles is 1. The van der Waals surface area contributed by atoms with Crippen molar-refractivity contribution in [2.24, 2.45) is 0 Å². The molecule has 0 atom stereocenters. The molecule has 3 aromatic heterocycles. The van der Waals surface area contributed by atoms with E-state index < -0.39 is 28.9 Å². The van der Waals surface area contributed by atoms with Crippen LogP contribution >= 0.6 is 0 Å². The molecule has 0 N–H and O–H groups in total. The minimum absolute atomic E-state index is 0.130. The zero-order chi connectivity index (χ0) is 27.0. The number of nitrogens with zero attached hydrogens (tertiary/aromatic N) is 7. The van der Waals surface area contributed by atoms with Gasteiger partial charge in [-0.15, -0.1) is 0 Å². The molecule has 0 amide bonds. The zero-order valence-corrected chi connectivity index (χ0v) is 23.8. The fourth-order valence-corrected chi connectivity index (χ4v) is 6.64. The van der Waals surface area contributed by atoms with E-state index in [1.165, 1.54) is 4.31 Å². The first-order valence-electron chi connectivity index (χ1n) is 12.3. The Bertz CT molecular complexity index is 1480. The summed E-state index contributed by atoms with van der Waals surface area (Å²) in [6, 6.07) is 5.20. The summed E-state index contributed by atoms with van der Waals surface area (Å²) >= 11 is 0.